The predicted molar refractivity (Wildman–Crippen MR) is 77.5 cm³/mol. The number of nitrogens with zero attached hydrogens (tertiary/aromatic N) is 1. The van der Waals surface area contributed by atoms with E-state index in [2.05, 4.69) is 6.92 Å². The van der Waals surface area contributed by atoms with Crippen molar-refractivity contribution in [2.75, 3.05) is 13.1 Å². The summed E-state index contributed by atoms with van der Waals surface area (Å²) in [5.74, 6) is -1.06. The van der Waals surface area contributed by atoms with Crippen LogP contribution in [0.5, 0.6) is 0 Å². The minimum atomic E-state index is -2.29. The van der Waals surface area contributed by atoms with E-state index in [1.807, 2.05) is 5.38 Å². The normalized spacial score (nSPS) is 28.5. The number of carbonyl (C=O) groups is 2. The third kappa shape index (κ3) is 2.46. The quantitative estimate of drug-likeness (QED) is 0.913. The van der Waals surface area contributed by atoms with Crippen molar-refractivity contribution in [1.82, 2.24) is 4.90 Å². The lowest BCUT2D eigenvalue weighted by atomic mass is 9.88. The van der Waals surface area contributed by atoms with E-state index in [0.29, 0.717) is 11.5 Å². The highest BCUT2D eigenvalue weighted by atomic mass is 32.1. The summed E-state index contributed by atoms with van der Waals surface area (Å²) in [4.78, 5) is 26.1. The van der Waals surface area contributed by atoms with Crippen LogP contribution in [0.4, 0.5) is 4.39 Å². The van der Waals surface area contributed by atoms with Gasteiger partial charge in [-0.3, -0.25) is 4.79 Å². The van der Waals surface area contributed by atoms with Crippen molar-refractivity contribution in [3.05, 3.63) is 21.4 Å². The molecule has 0 bridgehead atoms. The molecule has 0 aromatic carbocycles. The van der Waals surface area contributed by atoms with Gasteiger partial charge in [-0.15, -0.1) is 11.3 Å². The Hall–Kier alpha value is -1.43. The lowest BCUT2D eigenvalue weighted by molar-refractivity contribution is -0.149. The molecule has 6 heteroatoms. The zero-order valence-corrected chi connectivity index (χ0v) is 12.7. The zero-order chi connectivity index (χ0) is 15.2. The van der Waals surface area contributed by atoms with Crippen molar-refractivity contribution >= 4 is 23.2 Å². The van der Waals surface area contributed by atoms with Crippen LogP contribution >= 0.6 is 11.3 Å². The first-order valence-electron chi connectivity index (χ1n) is 7.21. The Morgan fingerprint density at radius 3 is 2.95 bits per heavy atom. The van der Waals surface area contributed by atoms with E-state index in [-0.39, 0.29) is 25.4 Å². The van der Waals surface area contributed by atoms with Crippen LogP contribution < -0.4 is 0 Å². The van der Waals surface area contributed by atoms with Crippen LogP contribution in [0, 0.1) is 5.92 Å². The van der Waals surface area contributed by atoms with Crippen molar-refractivity contribution in [3.8, 4) is 0 Å². The molecule has 1 fully saturated rings. The van der Waals surface area contributed by atoms with Gasteiger partial charge in [0.05, 0.1) is 12.1 Å². The minimum Gasteiger partial charge on any atom is -0.479 e. The van der Waals surface area contributed by atoms with Gasteiger partial charge in [-0.05, 0) is 30.7 Å². The molecule has 1 aromatic rings. The third-order valence-electron chi connectivity index (χ3n) is 4.52. The van der Waals surface area contributed by atoms with Crippen molar-refractivity contribution in [2.24, 2.45) is 5.92 Å². The second-order valence-corrected chi connectivity index (χ2v) is 7.11. The predicted octanol–water partition coefficient (Wildman–Crippen LogP) is 2.51. The van der Waals surface area contributed by atoms with E-state index in [9.17, 15) is 14.0 Å². The van der Waals surface area contributed by atoms with Gasteiger partial charge in [0.1, 0.15) is 0 Å². The molecular weight excluding hydrogens is 293 g/mol. The first-order chi connectivity index (χ1) is 9.90. The summed E-state index contributed by atoms with van der Waals surface area (Å²) < 4.78 is 14.1. The number of carboxylic acid groups (broad SMARTS) is 1. The maximum absolute atomic E-state index is 14.1. The number of alkyl halides is 1. The molecule has 0 saturated carbocycles. The number of halogens is 1. The number of fused-ring (bicyclic) bond motifs is 1. The molecule has 21 heavy (non-hydrogen) atoms. The van der Waals surface area contributed by atoms with Crippen molar-refractivity contribution in [1.29, 1.82) is 0 Å². The summed E-state index contributed by atoms with van der Waals surface area (Å²) in [6.07, 6.45) is 2.81. The number of thiophene rings is 1. The van der Waals surface area contributed by atoms with Crippen LogP contribution in [0.25, 0.3) is 0 Å². The fourth-order valence-corrected chi connectivity index (χ4v) is 4.39. The largest absolute Gasteiger partial charge is 0.479 e. The molecule has 0 spiro atoms. The molecule has 2 atom stereocenters. The number of likely N-dealkylation sites (tertiary alicyclic amines) is 1. The highest BCUT2D eigenvalue weighted by Gasteiger charge is 2.47. The number of amides is 1. The third-order valence-corrected chi connectivity index (χ3v) is 5.57. The van der Waals surface area contributed by atoms with Crippen LogP contribution in [0.2, 0.25) is 0 Å². The van der Waals surface area contributed by atoms with Crippen LogP contribution in [-0.4, -0.2) is 40.6 Å². The molecule has 0 radical (unpaired) electrons. The van der Waals surface area contributed by atoms with E-state index in [1.165, 1.54) is 9.78 Å². The Morgan fingerprint density at radius 2 is 2.29 bits per heavy atom. The number of hydrogen-bond donors (Lipinski definition) is 1. The molecule has 1 aliphatic carbocycles. The summed E-state index contributed by atoms with van der Waals surface area (Å²) >= 11 is 1.59. The Labute approximate surface area is 126 Å². The first kappa shape index (κ1) is 14.5. The highest BCUT2D eigenvalue weighted by molar-refractivity contribution is 7.10. The van der Waals surface area contributed by atoms with Crippen LogP contribution in [0.15, 0.2) is 5.38 Å². The molecule has 2 heterocycles. The zero-order valence-electron chi connectivity index (χ0n) is 11.9. The van der Waals surface area contributed by atoms with E-state index in [1.54, 1.807) is 11.3 Å². The molecule has 3 rings (SSSR count). The topological polar surface area (TPSA) is 57.6 Å². The van der Waals surface area contributed by atoms with E-state index in [0.717, 1.165) is 24.8 Å². The van der Waals surface area contributed by atoms with Gasteiger partial charge in [0, 0.05) is 23.2 Å². The Balaban J connectivity index is 1.80. The lowest BCUT2D eigenvalue weighted by Gasteiger charge is -2.21. The van der Waals surface area contributed by atoms with Gasteiger partial charge in [0.15, 0.2) is 0 Å². The van der Waals surface area contributed by atoms with Gasteiger partial charge in [-0.1, -0.05) is 6.92 Å². The summed E-state index contributed by atoms with van der Waals surface area (Å²) in [7, 11) is 0. The fraction of sp³-hybridized carbons (Fsp3) is 0.600. The molecule has 1 amide bonds. The van der Waals surface area contributed by atoms with Crippen molar-refractivity contribution < 1.29 is 19.1 Å². The number of aliphatic carboxylic acids is 1. The molecule has 4 nitrogen and oxygen atoms in total. The van der Waals surface area contributed by atoms with Gasteiger partial charge in [0.25, 0.3) is 5.91 Å². The summed E-state index contributed by atoms with van der Waals surface area (Å²) in [5, 5.41) is 10.8. The van der Waals surface area contributed by atoms with Gasteiger partial charge in [-0.2, -0.15) is 0 Å². The summed E-state index contributed by atoms with van der Waals surface area (Å²) in [6, 6.07) is 0. The number of hydrogen-bond acceptors (Lipinski definition) is 3. The standard InChI is InChI=1S/C15H18FNO3S/c1-9-2-3-10-11(7-21-12(10)6-9)13(18)17-5-4-15(16,8-17)14(19)20/h7,9H,2-6,8H2,1H3,(H,19,20). The summed E-state index contributed by atoms with van der Waals surface area (Å²) in [6.45, 7) is 2.03. The van der Waals surface area contributed by atoms with Crippen molar-refractivity contribution in [3.63, 3.8) is 0 Å². The number of rotatable bonds is 2. The van der Waals surface area contributed by atoms with Crippen LogP contribution in [-0.2, 0) is 17.6 Å². The second kappa shape index (κ2) is 5.09. The molecule has 1 N–H and O–H groups in total. The Morgan fingerprint density at radius 1 is 1.52 bits per heavy atom. The van der Waals surface area contributed by atoms with Gasteiger partial charge in [0.2, 0.25) is 5.67 Å². The smallest absolute Gasteiger partial charge is 0.343 e. The maximum atomic E-state index is 14.1. The van der Waals surface area contributed by atoms with Crippen LogP contribution in [0.1, 0.15) is 40.6 Å². The van der Waals surface area contributed by atoms with E-state index >= 15 is 0 Å². The lowest BCUT2D eigenvalue weighted by Crippen LogP contribution is -2.39. The molecule has 2 unspecified atom stereocenters. The maximum Gasteiger partial charge on any atom is 0.343 e. The van der Waals surface area contributed by atoms with Gasteiger partial charge < -0.3 is 10.0 Å². The van der Waals surface area contributed by atoms with Crippen molar-refractivity contribution in [2.45, 2.75) is 38.3 Å². The number of carbonyl (C=O) groups excluding carboxylic acids is 1. The second-order valence-electron chi connectivity index (χ2n) is 6.15. The number of carboxylic acids is 1. The first-order valence-corrected chi connectivity index (χ1v) is 8.09. The summed E-state index contributed by atoms with van der Waals surface area (Å²) in [5.41, 5.74) is -0.549. The molecule has 114 valence electrons. The molecule has 1 aromatic heterocycles. The molecule has 2 aliphatic rings. The van der Waals surface area contributed by atoms with E-state index in [4.69, 9.17) is 5.11 Å². The highest BCUT2D eigenvalue weighted by Crippen LogP contribution is 2.35. The Kier molecular flexibility index (Phi) is 3.51. The molecule has 1 saturated heterocycles. The van der Waals surface area contributed by atoms with E-state index < -0.39 is 11.6 Å². The Bertz CT molecular complexity index is 600. The average Bonchev–Trinajstić information content (AvgIpc) is 3.02. The van der Waals surface area contributed by atoms with Gasteiger partial charge >= 0.3 is 5.97 Å². The SMILES string of the molecule is CC1CCc2c(C(=O)N3CCC(F)(C(=O)O)C3)csc2C1. The van der Waals surface area contributed by atoms with Gasteiger partial charge in [-0.25, -0.2) is 9.18 Å². The van der Waals surface area contributed by atoms with Crippen LogP contribution in [0.3, 0.4) is 0 Å². The molecular formula is C15H18FNO3S. The fourth-order valence-electron chi connectivity index (χ4n) is 3.15. The minimum absolute atomic E-state index is 0.128. The monoisotopic (exact) mass is 311 g/mol. The average molecular weight is 311 g/mol. The molecule has 1 aliphatic heterocycles.